The molecule has 0 unspecified atom stereocenters. The van der Waals surface area contributed by atoms with Crippen LogP contribution in [0.5, 0.6) is 0 Å². The summed E-state index contributed by atoms with van der Waals surface area (Å²) in [4.78, 5) is 9.88. The Morgan fingerprint density at radius 3 is 2.81 bits per heavy atom. The highest BCUT2D eigenvalue weighted by molar-refractivity contribution is 7.99. The van der Waals surface area contributed by atoms with E-state index >= 15 is 0 Å². The number of aromatic amines is 1. The number of aliphatic hydroxyl groups excluding tert-OH is 1. The summed E-state index contributed by atoms with van der Waals surface area (Å²) in [6.07, 6.45) is 0. The maximum atomic E-state index is 9.17. The van der Waals surface area contributed by atoms with Crippen molar-refractivity contribution < 1.29 is 5.11 Å². The van der Waals surface area contributed by atoms with E-state index in [2.05, 4.69) is 30.7 Å². The second-order valence-corrected chi connectivity index (χ2v) is 5.53. The summed E-state index contributed by atoms with van der Waals surface area (Å²) >= 11 is 1.45. The van der Waals surface area contributed by atoms with Gasteiger partial charge in [0, 0.05) is 10.9 Å². The summed E-state index contributed by atoms with van der Waals surface area (Å²) in [5.41, 5.74) is 1.06. The molecule has 0 aliphatic heterocycles. The third-order valence-electron chi connectivity index (χ3n) is 2.77. The van der Waals surface area contributed by atoms with Crippen molar-refractivity contribution in [1.82, 2.24) is 25.4 Å². The molecule has 108 valence electrons. The summed E-state index contributed by atoms with van der Waals surface area (Å²) in [7, 11) is 0. The molecule has 0 saturated carbocycles. The van der Waals surface area contributed by atoms with Crippen LogP contribution >= 0.6 is 11.8 Å². The smallest absolute Gasteiger partial charge is 0.207 e. The molecule has 2 aromatic heterocycles. The van der Waals surface area contributed by atoms with E-state index < -0.39 is 0 Å². The number of hydrogen-bond donors (Lipinski definition) is 3. The van der Waals surface area contributed by atoms with Crippen LogP contribution in [0.4, 0.5) is 5.82 Å². The zero-order valence-electron chi connectivity index (χ0n) is 11.3. The minimum atomic E-state index is -0.130. The lowest BCUT2D eigenvalue weighted by Gasteiger charge is -2.12. The Kier molecular flexibility index (Phi) is 3.98. The van der Waals surface area contributed by atoms with Crippen molar-refractivity contribution >= 4 is 28.7 Å². The fraction of sp³-hybridized carbons (Fsp3) is 0.231. The predicted molar refractivity (Wildman–Crippen MR) is 80.2 cm³/mol. The lowest BCUT2D eigenvalue weighted by Crippen LogP contribution is -2.20. The first-order chi connectivity index (χ1) is 10.3. The number of benzene rings is 1. The number of rotatable bonds is 5. The van der Waals surface area contributed by atoms with Crippen LogP contribution in [0.25, 0.3) is 11.2 Å². The maximum absolute atomic E-state index is 9.17. The van der Waals surface area contributed by atoms with Gasteiger partial charge in [-0.1, -0.05) is 18.2 Å². The zero-order valence-corrected chi connectivity index (χ0v) is 12.1. The van der Waals surface area contributed by atoms with Gasteiger partial charge in [-0.05, 0) is 30.8 Å². The molecule has 0 saturated heterocycles. The van der Waals surface area contributed by atoms with Gasteiger partial charge in [0.05, 0.1) is 6.61 Å². The minimum absolute atomic E-state index is 0.00447. The van der Waals surface area contributed by atoms with Gasteiger partial charge in [0.1, 0.15) is 0 Å². The molecule has 2 heterocycles. The predicted octanol–water partition coefficient (Wildman–Crippen LogP) is 1.69. The third kappa shape index (κ3) is 3.11. The molecule has 1 aromatic carbocycles. The van der Waals surface area contributed by atoms with Gasteiger partial charge in [-0.25, -0.2) is 4.98 Å². The molecule has 7 nitrogen and oxygen atoms in total. The number of hydrogen-bond acceptors (Lipinski definition) is 7. The van der Waals surface area contributed by atoms with E-state index in [1.165, 1.54) is 11.8 Å². The fourth-order valence-electron chi connectivity index (χ4n) is 1.75. The van der Waals surface area contributed by atoms with Crippen molar-refractivity contribution in [2.75, 3.05) is 11.9 Å². The largest absolute Gasteiger partial charge is 0.394 e. The van der Waals surface area contributed by atoms with Crippen LogP contribution in [-0.2, 0) is 0 Å². The average Bonchev–Trinajstić information content (AvgIpc) is 2.97. The lowest BCUT2D eigenvalue weighted by molar-refractivity contribution is 0.281. The first-order valence-corrected chi connectivity index (χ1v) is 7.26. The quantitative estimate of drug-likeness (QED) is 0.617. The second kappa shape index (κ2) is 6.06. The molecular weight excluding hydrogens is 288 g/mol. The molecule has 0 radical (unpaired) electrons. The number of aliphatic hydroxyl groups is 1. The molecule has 3 N–H and O–H groups in total. The van der Waals surface area contributed by atoms with Crippen LogP contribution in [-0.4, -0.2) is 43.1 Å². The highest BCUT2D eigenvalue weighted by Gasteiger charge is 2.14. The summed E-state index contributed by atoms with van der Waals surface area (Å²) in [6, 6.07) is 9.74. The van der Waals surface area contributed by atoms with Gasteiger partial charge in [0.2, 0.25) is 5.65 Å². The standard InChI is InChI=1S/C13H14N6OS/c1-8(7-20)14-11-10-12(18-19-17-10)16-13(15-11)21-9-5-3-2-4-6-9/h2-6,8,20H,7H2,1H3,(H2,14,15,16,17,18,19)/t8-/m1/s1. The van der Waals surface area contributed by atoms with E-state index in [9.17, 15) is 0 Å². The van der Waals surface area contributed by atoms with E-state index in [1.807, 2.05) is 37.3 Å². The molecule has 8 heteroatoms. The number of anilines is 1. The fourth-order valence-corrected chi connectivity index (χ4v) is 2.52. The zero-order chi connectivity index (χ0) is 14.7. The summed E-state index contributed by atoms with van der Waals surface area (Å²) < 4.78 is 0. The third-order valence-corrected chi connectivity index (χ3v) is 3.65. The minimum Gasteiger partial charge on any atom is -0.394 e. The molecule has 1 atom stereocenters. The van der Waals surface area contributed by atoms with Gasteiger partial charge >= 0.3 is 0 Å². The Morgan fingerprint density at radius 2 is 2.05 bits per heavy atom. The molecule has 21 heavy (non-hydrogen) atoms. The highest BCUT2D eigenvalue weighted by atomic mass is 32.2. The van der Waals surface area contributed by atoms with Crippen molar-refractivity contribution in [3.8, 4) is 0 Å². The molecule has 0 fully saturated rings. The van der Waals surface area contributed by atoms with Crippen LogP contribution in [0.3, 0.4) is 0 Å². The molecule has 0 bridgehead atoms. The number of H-pyrrole nitrogens is 1. The number of nitrogens with zero attached hydrogens (tertiary/aromatic N) is 4. The number of nitrogens with one attached hydrogen (secondary N) is 2. The van der Waals surface area contributed by atoms with Crippen LogP contribution in [0.2, 0.25) is 0 Å². The second-order valence-electron chi connectivity index (χ2n) is 4.49. The van der Waals surface area contributed by atoms with E-state index in [4.69, 9.17) is 5.11 Å². The van der Waals surface area contributed by atoms with Crippen LogP contribution in [0.15, 0.2) is 40.4 Å². The van der Waals surface area contributed by atoms with Crippen molar-refractivity contribution in [3.05, 3.63) is 30.3 Å². The maximum Gasteiger partial charge on any atom is 0.207 e. The Hall–Kier alpha value is -2.19. The van der Waals surface area contributed by atoms with Gasteiger partial charge in [0.15, 0.2) is 16.5 Å². The monoisotopic (exact) mass is 302 g/mol. The van der Waals surface area contributed by atoms with E-state index in [0.29, 0.717) is 22.1 Å². The van der Waals surface area contributed by atoms with Crippen LogP contribution < -0.4 is 5.32 Å². The van der Waals surface area contributed by atoms with Crippen LogP contribution in [0, 0.1) is 0 Å². The molecule has 0 aliphatic carbocycles. The van der Waals surface area contributed by atoms with Crippen molar-refractivity contribution in [3.63, 3.8) is 0 Å². The van der Waals surface area contributed by atoms with E-state index in [0.717, 1.165) is 4.90 Å². The van der Waals surface area contributed by atoms with Gasteiger partial charge in [0.25, 0.3) is 0 Å². The Morgan fingerprint density at radius 1 is 1.24 bits per heavy atom. The van der Waals surface area contributed by atoms with Crippen molar-refractivity contribution in [2.24, 2.45) is 0 Å². The van der Waals surface area contributed by atoms with Gasteiger partial charge in [-0.15, -0.1) is 5.10 Å². The van der Waals surface area contributed by atoms with Gasteiger partial charge in [-0.2, -0.15) is 15.3 Å². The number of fused-ring (bicyclic) bond motifs is 1. The van der Waals surface area contributed by atoms with Crippen LogP contribution in [0.1, 0.15) is 6.92 Å². The summed E-state index contributed by atoms with van der Waals surface area (Å²) in [5.74, 6) is 0.564. The van der Waals surface area contributed by atoms with E-state index in [1.54, 1.807) is 0 Å². The average molecular weight is 302 g/mol. The van der Waals surface area contributed by atoms with Crippen molar-refractivity contribution in [2.45, 2.75) is 23.0 Å². The molecular formula is C13H14N6OS. The lowest BCUT2D eigenvalue weighted by atomic mass is 10.3. The SMILES string of the molecule is C[C@H](CO)Nc1nc(Sc2ccccc2)nc2n[nH]nc12. The van der Waals surface area contributed by atoms with Crippen molar-refractivity contribution in [1.29, 1.82) is 0 Å². The molecule has 0 amide bonds. The molecule has 3 rings (SSSR count). The Bertz CT molecular complexity index is 732. The molecule has 0 spiro atoms. The Balaban J connectivity index is 1.96. The van der Waals surface area contributed by atoms with Gasteiger partial charge < -0.3 is 10.4 Å². The van der Waals surface area contributed by atoms with E-state index in [-0.39, 0.29) is 12.6 Å². The van der Waals surface area contributed by atoms with Gasteiger partial charge in [-0.3, -0.25) is 0 Å². The normalized spacial score (nSPS) is 12.5. The number of aromatic nitrogens is 5. The highest BCUT2D eigenvalue weighted by Crippen LogP contribution is 2.27. The first-order valence-electron chi connectivity index (χ1n) is 6.45. The Labute approximate surface area is 125 Å². The summed E-state index contributed by atoms with van der Waals surface area (Å²) in [6.45, 7) is 1.86. The molecule has 3 aromatic rings. The topological polar surface area (TPSA) is 99.6 Å². The summed E-state index contributed by atoms with van der Waals surface area (Å²) in [5, 5.41) is 23.5. The molecule has 0 aliphatic rings. The first kappa shape index (κ1) is 13.8.